The second-order valence-electron chi connectivity index (χ2n) is 3.14. The molecule has 4 heteroatoms. The molecule has 4 nitrogen and oxygen atoms in total. The predicted octanol–water partition coefficient (Wildman–Crippen LogP) is 0.377. The molecule has 1 rings (SSSR count). The van der Waals surface area contributed by atoms with Gasteiger partial charge in [-0.3, -0.25) is 9.59 Å². The molecule has 68 valence electrons. The van der Waals surface area contributed by atoms with Gasteiger partial charge in [0, 0.05) is 19.4 Å². The van der Waals surface area contributed by atoms with Crippen molar-refractivity contribution in [3.63, 3.8) is 0 Å². The molecule has 0 spiro atoms. The summed E-state index contributed by atoms with van der Waals surface area (Å²) >= 11 is 0. The summed E-state index contributed by atoms with van der Waals surface area (Å²) in [7, 11) is 0. The third-order valence-corrected chi connectivity index (χ3v) is 2.12. The van der Waals surface area contributed by atoms with Crippen molar-refractivity contribution in [2.45, 2.75) is 25.7 Å². The molecule has 1 aliphatic heterocycles. The van der Waals surface area contributed by atoms with Gasteiger partial charge in [-0.25, -0.2) is 0 Å². The quantitative estimate of drug-likeness (QED) is 0.631. The van der Waals surface area contributed by atoms with Gasteiger partial charge in [-0.15, -0.1) is 0 Å². The highest BCUT2D eigenvalue weighted by atomic mass is 16.4. The summed E-state index contributed by atoms with van der Waals surface area (Å²) in [6.07, 6.45) is 2.16. The lowest BCUT2D eigenvalue weighted by Crippen LogP contribution is -2.21. The molecule has 0 aromatic rings. The molecule has 1 heterocycles. The minimum absolute atomic E-state index is 0.0443. The van der Waals surface area contributed by atoms with E-state index in [4.69, 9.17) is 5.11 Å². The van der Waals surface area contributed by atoms with Crippen molar-refractivity contribution in [2.75, 3.05) is 6.54 Å². The number of nitrogens with one attached hydrogen (secondary N) is 1. The molecule has 1 fully saturated rings. The van der Waals surface area contributed by atoms with Gasteiger partial charge in [0.05, 0.1) is 0 Å². The molecule has 1 aliphatic rings. The second kappa shape index (κ2) is 4.09. The molecule has 0 bridgehead atoms. The highest BCUT2D eigenvalue weighted by Gasteiger charge is 2.17. The van der Waals surface area contributed by atoms with Gasteiger partial charge in [0.1, 0.15) is 0 Å². The van der Waals surface area contributed by atoms with E-state index in [0.717, 1.165) is 6.42 Å². The van der Waals surface area contributed by atoms with E-state index in [1.807, 2.05) is 0 Å². The van der Waals surface area contributed by atoms with E-state index in [0.29, 0.717) is 19.4 Å². The summed E-state index contributed by atoms with van der Waals surface area (Å²) in [5.41, 5.74) is 0. The van der Waals surface area contributed by atoms with Gasteiger partial charge in [-0.2, -0.15) is 0 Å². The zero-order valence-electron chi connectivity index (χ0n) is 6.88. The maximum Gasteiger partial charge on any atom is 0.303 e. The van der Waals surface area contributed by atoms with Crippen LogP contribution in [0.5, 0.6) is 0 Å². The van der Waals surface area contributed by atoms with Gasteiger partial charge >= 0.3 is 5.97 Å². The molecule has 1 atom stereocenters. The number of hydrogen-bond acceptors (Lipinski definition) is 2. The molecule has 1 unspecified atom stereocenters. The van der Waals surface area contributed by atoms with Gasteiger partial charge in [0.2, 0.25) is 5.91 Å². The Morgan fingerprint density at radius 2 is 2.33 bits per heavy atom. The molecule has 0 radical (unpaired) electrons. The van der Waals surface area contributed by atoms with Crippen LogP contribution in [-0.4, -0.2) is 23.5 Å². The Balaban J connectivity index is 2.35. The molecule has 12 heavy (non-hydrogen) atoms. The van der Waals surface area contributed by atoms with Crippen molar-refractivity contribution < 1.29 is 14.7 Å². The Morgan fingerprint density at radius 1 is 1.58 bits per heavy atom. The van der Waals surface area contributed by atoms with Crippen LogP contribution >= 0.6 is 0 Å². The molecule has 2 N–H and O–H groups in total. The number of carboxylic acid groups (broad SMARTS) is 1. The van der Waals surface area contributed by atoms with Crippen LogP contribution in [0.4, 0.5) is 0 Å². The topological polar surface area (TPSA) is 66.4 Å². The largest absolute Gasteiger partial charge is 0.481 e. The zero-order chi connectivity index (χ0) is 8.97. The summed E-state index contributed by atoms with van der Waals surface area (Å²) in [4.78, 5) is 21.2. The monoisotopic (exact) mass is 171 g/mol. The van der Waals surface area contributed by atoms with Gasteiger partial charge in [0.15, 0.2) is 0 Å². The van der Waals surface area contributed by atoms with Crippen LogP contribution < -0.4 is 5.32 Å². The van der Waals surface area contributed by atoms with Crippen LogP contribution in [0, 0.1) is 5.92 Å². The maximum atomic E-state index is 10.9. The third-order valence-electron chi connectivity index (χ3n) is 2.12. The van der Waals surface area contributed by atoms with Crippen molar-refractivity contribution in [1.29, 1.82) is 0 Å². The molecule has 0 aromatic heterocycles. The Labute approximate surface area is 71.0 Å². The van der Waals surface area contributed by atoms with Crippen LogP contribution in [-0.2, 0) is 9.59 Å². The highest BCUT2D eigenvalue weighted by Crippen LogP contribution is 2.17. The summed E-state index contributed by atoms with van der Waals surface area (Å²) in [6.45, 7) is 0.622. The zero-order valence-corrected chi connectivity index (χ0v) is 6.88. The van der Waals surface area contributed by atoms with Crippen LogP contribution in [0.3, 0.4) is 0 Å². The lowest BCUT2D eigenvalue weighted by Gasteiger charge is -2.08. The number of amides is 1. The van der Waals surface area contributed by atoms with Crippen LogP contribution in [0.25, 0.3) is 0 Å². The second-order valence-corrected chi connectivity index (χ2v) is 3.14. The number of carboxylic acids is 1. The molecule has 1 amide bonds. The summed E-state index contributed by atoms with van der Waals surface area (Å²) in [5.74, 6) is -0.557. The number of hydrogen-bond donors (Lipinski definition) is 2. The maximum absolute atomic E-state index is 10.9. The van der Waals surface area contributed by atoms with Crippen molar-refractivity contribution in [2.24, 2.45) is 5.92 Å². The first-order valence-corrected chi connectivity index (χ1v) is 4.17. The number of carbonyl (C=O) groups excluding carboxylic acids is 1. The highest BCUT2D eigenvalue weighted by molar-refractivity contribution is 5.76. The van der Waals surface area contributed by atoms with Gasteiger partial charge in [-0.1, -0.05) is 0 Å². The average molecular weight is 171 g/mol. The van der Waals surface area contributed by atoms with Crippen molar-refractivity contribution in [1.82, 2.24) is 5.32 Å². The minimum Gasteiger partial charge on any atom is -0.481 e. The van der Waals surface area contributed by atoms with Crippen LogP contribution in [0.1, 0.15) is 25.7 Å². The molecular weight excluding hydrogens is 158 g/mol. The molecule has 0 aromatic carbocycles. The first-order chi connectivity index (χ1) is 5.68. The molecule has 0 saturated carbocycles. The van der Waals surface area contributed by atoms with Gasteiger partial charge < -0.3 is 10.4 Å². The fourth-order valence-electron chi connectivity index (χ4n) is 1.43. The first kappa shape index (κ1) is 9.03. The number of carbonyl (C=O) groups is 2. The van der Waals surface area contributed by atoms with Crippen molar-refractivity contribution >= 4 is 11.9 Å². The number of rotatable bonds is 2. The standard InChI is InChI=1S/C8H13NO3/c10-7-2-1-6(3-4-9-7)5-8(11)12/h6H,1-5H2,(H,9,10)(H,11,12). The van der Waals surface area contributed by atoms with Crippen molar-refractivity contribution in [3.05, 3.63) is 0 Å². The lowest BCUT2D eigenvalue weighted by molar-refractivity contribution is -0.138. The minimum atomic E-state index is -0.769. The van der Waals surface area contributed by atoms with E-state index in [1.54, 1.807) is 0 Å². The normalized spacial score (nSPS) is 24.3. The van der Waals surface area contributed by atoms with Crippen LogP contribution in [0.2, 0.25) is 0 Å². The number of aliphatic carboxylic acids is 1. The molecule has 1 saturated heterocycles. The van der Waals surface area contributed by atoms with Crippen LogP contribution in [0.15, 0.2) is 0 Å². The lowest BCUT2D eigenvalue weighted by atomic mass is 9.97. The van der Waals surface area contributed by atoms with E-state index in [1.165, 1.54) is 0 Å². The smallest absolute Gasteiger partial charge is 0.303 e. The third kappa shape index (κ3) is 2.90. The Bertz CT molecular complexity index is 191. The summed E-state index contributed by atoms with van der Waals surface area (Å²) in [6, 6.07) is 0. The van der Waals surface area contributed by atoms with Gasteiger partial charge in [-0.05, 0) is 18.8 Å². The fourth-order valence-corrected chi connectivity index (χ4v) is 1.43. The van der Waals surface area contributed by atoms with E-state index in [-0.39, 0.29) is 18.2 Å². The Morgan fingerprint density at radius 3 is 3.00 bits per heavy atom. The Kier molecular flexibility index (Phi) is 3.08. The molecule has 0 aliphatic carbocycles. The predicted molar refractivity (Wildman–Crippen MR) is 42.6 cm³/mol. The van der Waals surface area contributed by atoms with Gasteiger partial charge in [0.25, 0.3) is 0 Å². The van der Waals surface area contributed by atoms with E-state index in [9.17, 15) is 9.59 Å². The van der Waals surface area contributed by atoms with E-state index >= 15 is 0 Å². The first-order valence-electron chi connectivity index (χ1n) is 4.17. The van der Waals surface area contributed by atoms with E-state index < -0.39 is 5.97 Å². The summed E-state index contributed by atoms with van der Waals surface area (Å²) < 4.78 is 0. The SMILES string of the molecule is O=C(O)CC1CCNC(=O)CC1. The van der Waals surface area contributed by atoms with E-state index in [2.05, 4.69) is 5.32 Å². The summed E-state index contributed by atoms with van der Waals surface area (Å²) in [5, 5.41) is 11.2. The molecular formula is C8H13NO3. The fraction of sp³-hybridized carbons (Fsp3) is 0.750. The Hall–Kier alpha value is -1.06. The average Bonchev–Trinajstić information content (AvgIpc) is 2.15. The van der Waals surface area contributed by atoms with Crippen molar-refractivity contribution in [3.8, 4) is 0 Å².